The minimum absolute atomic E-state index is 0.0587. The summed E-state index contributed by atoms with van der Waals surface area (Å²) in [6.07, 6.45) is 1.61. The summed E-state index contributed by atoms with van der Waals surface area (Å²) < 4.78 is 30.4. The van der Waals surface area contributed by atoms with Crippen molar-refractivity contribution in [1.29, 1.82) is 0 Å². The summed E-state index contributed by atoms with van der Waals surface area (Å²) in [6, 6.07) is 10.5. The quantitative estimate of drug-likeness (QED) is 0.0884. The summed E-state index contributed by atoms with van der Waals surface area (Å²) in [4.78, 5) is 53.9. The van der Waals surface area contributed by atoms with Crippen molar-refractivity contribution in [2.75, 3.05) is 26.9 Å². The molecule has 51 heavy (non-hydrogen) atoms. The number of nitrogens with zero attached hydrogens (tertiary/aromatic N) is 4. The second-order valence-corrected chi connectivity index (χ2v) is 12.5. The lowest BCUT2D eigenvalue weighted by molar-refractivity contribution is -0.394. The normalized spacial score (nSPS) is 14.0. The standard InChI is InChI=1S/C34H31BrN4O11S/c1-6-47-25-11-9-20(16-26(25)48-7-2)30-29(33(41)49-8-3)18(4)36-34-37(30)32(40)28(51-34)15-19-13-22(35)31(27(14-19)46-5)50-24-12-10-21(38(42)43)17-23(24)39(44)45/h9-17,30H,6-8H2,1-5H3/b28-15-/t30-/m0/s1. The maximum Gasteiger partial charge on any atom is 0.338 e. The molecule has 0 unspecified atom stereocenters. The highest BCUT2D eigenvalue weighted by atomic mass is 79.9. The molecule has 5 rings (SSSR count). The van der Waals surface area contributed by atoms with Crippen molar-refractivity contribution >= 4 is 50.7 Å². The van der Waals surface area contributed by atoms with Crippen LogP contribution >= 0.6 is 27.3 Å². The minimum atomic E-state index is -0.896. The Labute approximate surface area is 302 Å². The first-order chi connectivity index (χ1) is 24.4. The fourth-order valence-corrected chi connectivity index (χ4v) is 6.96. The molecule has 3 aromatic carbocycles. The Kier molecular flexibility index (Phi) is 11.2. The van der Waals surface area contributed by atoms with E-state index in [0.29, 0.717) is 50.8 Å². The number of ether oxygens (including phenoxy) is 5. The van der Waals surface area contributed by atoms with Crippen LogP contribution in [-0.2, 0) is 9.53 Å². The van der Waals surface area contributed by atoms with Crippen molar-refractivity contribution < 1.29 is 38.3 Å². The molecular formula is C34H31BrN4O11S. The molecule has 4 aromatic rings. The lowest BCUT2D eigenvalue weighted by atomic mass is 9.95. The monoisotopic (exact) mass is 782 g/mol. The predicted octanol–water partition coefficient (Wildman–Crippen LogP) is 5.98. The van der Waals surface area contributed by atoms with Gasteiger partial charge in [-0.05, 0) is 91.2 Å². The zero-order valence-electron chi connectivity index (χ0n) is 28.0. The number of allylic oxidation sites excluding steroid dienone is 1. The van der Waals surface area contributed by atoms with E-state index in [1.54, 1.807) is 50.3 Å². The maximum absolute atomic E-state index is 14.2. The van der Waals surface area contributed by atoms with E-state index in [2.05, 4.69) is 20.9 Å². The fourth-order valence-electron chi connectivity index (χ4n) is 5.38. The molecule has 0 N–H and O–H groups in total. The topological polar surface area (TPSA) is 184 Å². The van der Waals surface area contributed by atoms with Crippen LogP contribution in [0.3, 0.4) is 0 Å². The van der Waals surface area contributed by atoms with Gasteiger partial charge >= 0.3 is 11.7 Å². The SMILES string of the molecule is CCOC(=O)C1=C(C)N=c2s/c(=C\c3cc(Br)c(Oc4ccc([N+](=O)[O-])cc4[N+](=O)[O-])c(OC)c3)c(=O)n2[C@H]1c1ccc(OCC)c(OCC)c1. The molecule has 1 aliphatic heterocycles. The van der Waals surface area contributed by atoms with E-state index in [1.807, 2.05) is 13.8 Å². The summed E-state index contributed by atoms with van der Waals surface area (Å²) >= 11 is 4.54. The zero-order chi connectivity index (χ0) is 37.0. The van der Waals surface area contributed by atoms with E-state index in [0.717, 1.165) is 29.5 Å². The van der Waals surface area contributed by atoms with Crippen LogP contribution in [0.2, 0.25) is 0 Å². The number of rotatable bonds is 13. The summed E-state index contributed by atoms with van der Waals surface area (Å²) in [7, 11) is 1.36. The van der Waals surface area contributed by atoms with Crippen LogP contribution in [0.1, 0.15) is 44.9 Å². The number of carbonyl (C=O) groups excluding carboxylic acids is 1. The van der Waals surface area contributed by atoms with Crippen LogP contribution in [0.15, 0.2) is 74.1 Å². The number of aromatic nitrogens is 1. The number of esters is 1. The molecule has 15 nitrogen and oxygen atoms in total. The third-order valence-electron chi connectivity index (χ3n) is 7.51. The van der Waals surface area contributed by atoms with Gasteiger partial charge in [-0.25, -0.2) is 9.79 Å². The summed E-state index contributed by atoms with van der Waals surface area (Å²) in [6.45, 7) is 7.96. The predicted molar refractivity (Wildman–Crippen MR) is 190 cm³/mol. The van der Waals surface area contributed by atoms with Gasteiger partial charge in [0.2, 0.25) is 5.75 Å². The number of benzene rings is 3. The third-order valence-corrected chi connectivity index (χ3v) is 9.08. The Bertz CT molecular complexity index is 2260. The number of carbonyl (C=O) groups is 1. The van der Waals surface area contributed by atoms with E-state index in [9.17, 15) is 29.8 Å². The molecule has 266 valence electrons. The minimum Gasteiger partial charge on any atom is -0.493 e. The fraction of sp³-hybridized carbons (Fsp3) is 0.265. The molecule has 0 radical (unpaired) electrons. The van der Waals surface area contributed by atoms with Crippen molar-refractivity contribution in [2.24, 2.45) is 4.99 Å². The van der Waals surface area contributed by atoms with Crippen molar-refractivity contribution in [1.82, 2.24) is 4.57 Å². The number of nitro groups is 2. The lowest BCUT2D eigenvalue weighted by Crippen LogP contribution is -2.40. The van der Waals surface area contributed by atoms with E-state index in [-0.39, 0.29) is 34.0 Å². The second-order valence-electron chi connectivity index (χ2n) is 10.7. The number of hydrogen-bond donors (Lipinski definition) is 0. The van der Waals surface area contributed by atoms with Crippen LogP contribution in [0.4, 0.5) is 11.4 Å². The van der Waals surface area contributed by atoms with Crippen LogP contribution in [0.25, 0.3) is 6.08 Å². The van der Waals surface area contributed by atoms with Gasteiger partial charge in [0, 0.05) is 6.07 Å². The molecule has 0 saturated carbocycles. The number of hydrogen-bond acceptors (Lipinski definition) is 13. The average Bonchev–Trinajstić information content (AvgIpc) is 3.39. The van der Waals surface area contributed by atoms with E-state index < -0.39 is 38.8 Å². The largest absolute Gasteiger partial charge is 0.493 e. The van der Waals surface area contributed by atoms with Crippen molar-refractivity contribution in [3.8, 4) is 28.7 Å². The molecule has 2 heterocycles. The van der Waals surface area contributed by atoms with Gasteiger partial charge in [0.1, 0.15) is 0 Å². The first-order valence-corrected chi connectivity index (χ1v) is 17.1. The highest BCUT2D eigenvalue weighted by Crippen LogP contribution is 2.43. The van der Waals surface area contributed by atoms with Crippen LogP contribution in [0, 0.1) is 20.2 Å². The first kappa shape index (κ1) is 36.7. The molecule has 0 bridgehead atoms. The highest BCUT2D eigenvalue weighted by molar-refractivity contribution is 9.10. The van der Waals surface area contributed by atoms with Crippen LogP contribution < -0.4 is 33.8 Å². The third kappa shape index (κ3) is 7.48. The Balaban J connectivity index is 1.63. The average molecular weight is 784 g/mol. The molecule has 1 aliphatic rings. The van der Waals surface area contributed by atoms with Gasteiger partial charge in [0.05, 0.1) is 69.2 Å². The molecule has 0 aliphatic carbocycles. The van der Waals surface area contributed by atoms with Gasteiger partial charge in [0.15, 0.2) is 27.8 Å². The second kappa shape index (κ2) is 15.6. The van der Waals surface area contributed by atoms with Crippen molar-refractivity contribution in [3.63, 3.8) is 0 Å². The molecule has 0 amide bonds. The molecule has 0 fully saturated rings. The van der Waals surface area contributed by atoms with Crippen molar-refractivity contribution in [3.05, 3.63) is 115 Å². The lowest BCUT2D eigenvalue weighted by Gasteiger charge is -2.25. The summed E-state index contributed by atoms with van der Waals surface area (Å²) in [5.74, 6) is 0.317. The van der Waals surface area contributed by atoms with Gasteiger partial charge < -0.3 is 23.7 Å². The number of methoxy groups -OCH3 is 1. The molecule has 0 spiro atoms. The molecule has 1 aromatic heterocycles. The molecule has 1 atom stereocenters. The Hall–Kier alpha value is -5.55. The van der Waals surface area contributed by atoms with E-state index in [4.69, 9.17) is 23.7 Å². The number of non-ortho nitro benzene ring substituents is 1. The van der Waals surface area contributed by atoms with Gasteiger partial charge in [-0.3, -0.25) is 29.6 Å². The zero-order valence-corrected chi connectivity index (χ0v) is 30.4. The van der Waals surface area contributed by atoms with Gasteiger partial charge in [-0.2, -0.15) is 0 Å². The smallest absolute Gasteiger partial charge is 0.338 e. The van der Waals surface area contributed by atoms with Crippen LogP contribution in [0.5, 0.6) is 28.7 Å². The van der Waals surface area contributed by atoms with E-state index in [1.165, 1.54) is 11.7 Å². The Morgan fingerprint density at radius 1 is 0.961 bits per heavy atom. The van der Waals surface area contributed by atoms with Crippen LogP contribution in [-0.4, -0.2) is 47.3 Å². The van der Waals surface area contributed by atoms with Gasteiger partial charge in [-0.1, -0.05) is 17.4 Å². The number of halogens is 1. The highest BCUT2D eigenvalue weighted by Gasteiger charge is 2.34. The number of thiazole rings is 1. The van der Waals surface area contributed by atoms with Gasteiger partial charge in [-0.15, -0.1) is 0 Å². The molecule has 17 heteroatoms. The summed E-state index contributed by atoms with van der Waals surface area (Å²) in [5.41, 5.74) is 0.155. The van der Waals surface area contributed by atoms with E-state index >= 15 is 0 Å². The molecular weight excluding hydrogens is 752 g/mol. The molecule has 0 saturated heterocycles. The first-order valence-electron chi connectivity index (χ1n) is 15.5. The number of nitro benzene ring substituents is 2. The Morgan fingerprint density at radius 2 is 1.67 bits per heavy atom. The summed E-state index contributed by atoms with van der Waals surface area (Å²) in [5, 5.41) is 22.9. The number of fused-ring (bicyclic) bond motifs is 1. The Morgan fingerprint density at radius 3 is 2.31 bits per heavy atom. The van der Waals surface area contributed by atoms with Crippen molar-refractivity contribution in [2.45, 2.75) is 33.7 Å². The van der Waals surface area contributed by atoms with Gasteiger partial charge in [0.25, 0.3) is 11.2 Å². The maximum atomic E-state index is 14.2.